The van der Waals surface area contributed by atoms with Gasteiger partial charge in [0.05, 0.1) is 0 Å². The molecule has 2 aromatic rings. The van der Waals surface area contributed by atoms with Crippen LogP contribution in [0.3, 0.4) is 0 Å². The summed E-state index contributed by atoms with van der Waals surface area (Å²) in [6, 6.07) is 8.75. The lowest BCUT2D eigenvalue weighted by Gasteiger charge is -1.95. The lowest BCUT2D eigenvalue weighted by atomic mass is 10.1. The van der Waals surface area contributed by atoms with Crippen molar-refractivity contribution in [1.29, 1.82) is 0 Å². The number of hydrogen-bond donors (Lipinski definition) is 2. The Bertz CT molecular complexity index is 429. The fraction of sp³-hybridized carbons (Fsp3) is 0.333. The summed E-state index contributed by atoms with van der Waals surface area (Å²) in [7, 11) is 0. The zero-order valence-electron chi connectivity index (χ0n) is 8.51. The first-order chi connectivity index (χ1) is 6.83. The molecule has 0 spiro atoms. The molecule has 3 N–H and O–H groups in total. The van der Waals surface area contributed by atoms with Crippen LogP contribution in [0.15, 0.2) is 24.3 Å². The lowest BCUT2D eigenvalue weighted by molar-refractivity contribution is 0.939. The van der Waals surface area contributed by atoms with E-state index in [2.05, 4.69) is 36.2 Å². The third-order valence-corrected chi connectivity index (χ3v) is 2.56. The molecule has 0 aliphatic heterocycles. The molecule has 0 aliphatic rings. The van der Waals surface area contributed by atoms with Crippen molar-refractivity contribution in [2.24, 2.45) is 5.73 Å². The minimum Gasteiger partial charge on any atom is -0.358 e. The minimum atomic E-state index is 0.702. The number of H-pyrrole nitrogens is 1. The smallest absolute Gasteiger partial charge is 0.0458 e. The summed E-state index contributed by atoms with van der Waals surface area (Å²) in [5, 5.41) is 1.28. The van der Waals surface area contributed by atoms with Crippen molar-refractivity contribution >= 4 is 10.9 Å². The average Bonchev–Trinajstić information content (AvgIpc) is 2.59. The zero-order chi connectivity index (χ0) is 9.97. The van der Waals surface area contributed by atoms with Crippen LogP contribution in [0.5, 0.6) is 0 Å². The maximum absolute atomic E-state index is 5.52. The van der Waals surface area contributed by atoms with Gasteiger partial charge in [0.2, 0.25) is 0 Å². The predicted octanol–water partition coefficient (Wildman–Crippen LogP) is 2.23. The molecule has 1 aromatic carbocycles. The SMILES string of the molecule is CCc1ccc2cc(CCN)[nH]c2c1. The molecule has 2 heteroatoms. The minimum absolute atomic E-state index is 0.702. The second-order valence-electron chi connectivity index (χ2n) is 3.61. The van der Waals surface area contributed by atoms with E-state index >= 15 is 0 Å². The Morgan fingerprint density at radius 3 is 2.86 bits per heavy atom. The van der Waals surface area contributed by atoms with E-state index in [1.807, 2.05) is 0 Å². The first kappa shape index (κ1) is 9.28. The van der Waals surface area contributed by atoms with E-state index in [0.29, 0.717) is 6.54 Å². The summed E-state index contributed by atoms with van der Waals surface area (Å²) >= 11 is 0. The van der Waals surface area contributed by atoms with Crippen LogP contribution in [0.2, 0.25) is 0 Å². The van der Waals surface area contributed by atoms with Crippen molar-refractivity contribution in [2.75, 3.05) is 6.54 Å². The molecule has 0 radical (unpaired) electrons. The summed E-state index contributed by atoms with van der Waals surface area (Å²) in [4.78, 5) is 3.39. The molecule has 2 nitrogen and oxygen atoms in total. The molecule has 0 amide bonds. The highest BCUT2D eigenvalue weighted by molar-refractivity contribution is 5.81. The molecule has 0 atom stereocenters. The van der Waals surface area contributed by atoms with Gasteiger partial charge >= 0.3 is 0 Å². The van der Waals surface area contributed by atoms with Gasteiger partial charge in [-0.25, -0.2) is 0 Å². The van der Waals surface area contributed by atoms with Crippen LogP contribution in [-0.2, 0) is 12.8 Å². The molecule has 0 saturated heterocycles. The van der Waals surface area contributed by atoms with Gasteiger partial charge in [0.1, 0.15) is 0 Å². The second-order valence-corrected chi connectivity index (χ2v) is 3.61. The number of fused-ring (bicyclic) bond motifs is 1. The van der Waals surface area contributed by atoms with Crippen molar-refractivity contribution in [3.05, 3.63) is 35.5 Å². The molecule has 0 bridgehead atoms. The van der Waals surface area contributed by atoms with Gasteiger partial charge in [0.15, 0.2) is 0 Å². The highest BCUT2D eigenvalue weighted by Crippen LogP contribution is 2.17. The van der Waals surface area contributed by atoms with Gasteiger partial charge in [0.25, 0.3) is 0 Å². The quantitative estimate of drug-likeness (QED) is 0.762. The zero-order valence-corrected chi connectivity index (χ0v) is 8.51. The van der Waals surface area contributed by atoms with Gasteiger partial charge < -0.3 is 10.7 Å². The van der Waals surface area contributed by atoms with Gasteiger partial charge in [-0.3, -0.25) is 0 Å². The highest BCUT2D eigenvalue weighted by atomic mass is 14.7. The fourth-order valence-corrected chi connectivity index (χ4v) is 1.74. The van der Waals surface area contributed by atoms with Crippen LogP contribution >= 0.6 is 0 Å². The summed E-state index contributed by atoms with van der Waals surface area (Å²) < 4.78 is 0. The van der Waals surface area contributed by atoms with Gasteiger partial charge in [-0.2, -0.15) is 0 Å². The summed E-state index contributed by atoms with van der Waals surface area (Å²) in [5.41, 5.74) is 9.35. The molecule has 1 heterocycles. The van der Waals surface area contributed by atoms with E-state index in [4.69, 9.17) is 5.73 Å². The van der Waals surface area contributed by atoms with E-state index in [-0.39, 0.29) is 0 Å². The van der Waals surface area contributed by atoms with Crippen LogP contribution in [-0.4, -0.2) is 11.5 Å². The molecule has 0 aliphatic carbocycles. The second kappa shape index (κ2) is 3.84. The fourth-order valence-electron chi connectivity index (χ4n) is 1.74. The van der Waals surface area contributed by atoms with Crippen LogP contribution in [0.25, 0.3) is 10.9 Å². The molecule has 2 rings (SSSR count). The Labute approximate surface area is 84.1 Å². The van der Waals surface area contributed by atoms with Crippen molar-refractivity contribution in [3.63, 3.8) is 0 Å². The third-order valence-electron chi connectivity index (χ3n) is 2.56. The van der Waals surface area contributed by atoms with Gasteiger partial charge in [-0.05, 0) is 42.5 Å². The molecule has 0 unspecified atom stereocenters. The summed E-state index contributed by atoms with van der Waals surface area (Å²) in [5.74, 6) is 0. The standard InChI is InChI=1S/C12H16N2/c1-2-9-3-4-10-8-11(5-6-13)14-12(10)7-9/h3-4,7-8,14H,2,5-6,13H2,1H3. The number of aromatic amines is 1. The number of hydrogen-bond acceptors (Lipinski definition) is 1. The largest absolute Gasteiger partial charge is 0.358 e. The lowest BCUT2D eigenvalue weighted by Crippen LogP contribution is -2.02. The molecule has 0 saturated carbocycles. The monoisotopic (exact) mass is 188 g/mol. The number of benzene rings is 1. The maximum atomic E-state index is 5.52. The molecule has 74 valence electrons. The number of aromatic nitrogens is 1. The van der Waals surface area contributed by atoms with E-state index in [0.717, 1.165) is 12.8 Å². The number of nitrogens with two attached hydrogens (primary N) is 1. The van der Waals surface area contributed by atoms with E-state index in [9.17, 15) is 0 Å². The molecule has 1 aromatic heterocycles. The van der Waals surface area contributed by atoms with Gasteiger partial charge in [0, 0.05) is 11.2 Å². The molecule has 14 heavy (non-hydrogen) atoms. The normalized spacial score (nSPS) is 11.0. The number of nitrogens with one attached hydrogen (secondary N) is 1. The Hall–Kier alpha value is -1.28. The topological polar surface area (TPSA) is 41.8 Å². The first-order valence-corrected chi connectivity index (χ1v) is 5.14. The Balaban J connectivity index is 2.43. The Morgan fingerprint density at radius 1 is 1.29 bits per heavy atom. The van der Waals surface area contributed by atoms with E-state index in [1.54, 1.807) is 0 Å². The average molecular weight is 188 g/mol. The molecular formula is C12H16N2. The van der Waals surface area contributed by atoms with Crippen LogP contribution in [0.4, 0.5) is 0 Å². The third kappa shape index (κ3) is 1.66. The summed E-state index contributed by atoms with van der Waals surface area (Å²) in [6.07, 6.45) is 2.01. The van der Waals surface area contributed by atoms with Gasteiger partial charge in [-0.15, -0.1) is 0 Å². The maximum Gasteiger partial charge on any atom is 0.0458 e. The van der Waals surface area contributed by atoms with Crippen LogP contribution in [0, 0.1) is 0 Å². The van der Waals surface area contributed by atoms with Crippen molar-refractivity contribution in [2.45, 2.75) is 19.8 Å². The van der Waals surface area contributed by atoms with Crippen molar-refractivity contribution in [1.82, 2.24) is 4.98 Å². The van der Waals surface area contributed by atoms with Crippen molar-refractivity contribution in [3.8, 4) is 0 Å². The summed E-state index contributed by atoms with van der Waals surface area (Å²) in [6.45, 7) is 2.87. The highest BCUT2D eigenvalue weighted by Gasteiger charge is 2.00. The van der Waals surface area contributed by atoms with Crippen LogP contribution in [0.1, 0.15) is 18.2 Å². The number of rotatable bonds is 3. The van der Waals surface area contributed by atoms with E-state index < -0.39 is 0 Å². The van der Waals surface area contributed by atoms with Gasteiger partial charge in [-0.1, -0.05) is 19.1 Å². The van der Waals surface area contributed by atoms with E-state index in [1.165, 1.54) is 22.2 Å². The van der Waals surface area contributed by atoms with Crippen molar-refractivity contribution < 1.29 is 0 Å². The van der Waals surface area contributed by atoms with Crippen LogP contribution < -0.4 is 5.73 Å². The predicted molar refractivity (Wildman–Crippen MR) is 60.4 cm³/mol. The molecular weight excluding hydrogens is 172 g/mol. The Kier molecular flexibility index (Phi) is 2.55. The number of aryl methyl sites for hydroxylation is 1. The molecule has 0 fully saturated rings. The first-order valence-electron chi connectivity index (χ1n) is 5.14. The Morgan fingerprint density at radius 2 is 2.14 bits per heavy atom.